The lowest BCUT2D eigenvalue weighted by atomic mass is 10.1. The van der Waals surface area contributed by atoms with Crippen LogP contribution in [0.25, 0.3) is 0 Å². The lowest BCUT2D eigenvalue weighted by Gasteiger charge is -2.11. The molecule has 1 aromatic carbocycles. The molecule has 0 aliphatic carbocycles. The second kappa shape index (κ2) is 5.58. The Hall–Kier alpha value is -0.270. The molecule has 94 valence electrons. The van der Waals surface area contributed by atoms with Crippen molar-refractivity contribution in [2.45, 2.75) is 10.1 Å². The summed E-state index contributed by atoms with van der Waals surface area (Å²) in [5.74, 6) is -0.901. The second-order valence-electron chi connectivity index (χ2n) is 2.86. The Balaban J connectivity index is 2.98. The molecule has 1 rings (SSSR count). The highest BCUT2D eigenvalue weighted by atomic mass is 79.9. The number of ketones is 1. The van der Waals surface area contributed by atoms with E-state index in [2.05, 4.69) is 36.6 Å². The molecule has 0 radical (unpaired) electrons. The average molecular weight is 396 g/mol. The fourth-order valence-corrected chi connectivity index (χ4v) is 1.74. The number of Topliss-reactive ketones (excluding diaryl/α,β-unsaturated/α-hetero) is 1. The molecule has 8 heteroatoms. The first-order valence-electron chi connectivity index (χ1n) is 4.08. The zero-order valence-electron chi connectivity index (χ0n) is 7.89. The van der Waals surface area contributed by atoms with Gasteiger partial charge in [-0.15, -0.1) is 13.2 Å². The molecule has 0 bridgehead atoms. The van der Waals surface area contributed by atoms with Gasteiger partial charge in [0.25, 0.3) is 0 Å². The summed E-state index contributed by atoms with van der Waals surface area (Å²) < 4.78 is 38.9. The van der Waals surface area contributed by atoms with Crippen LogP contribution in [0.5, 0.6) is 5.75 Å². The van der Waals surface area contributed by atoms with Crippen LogP contribution in [0, 0.1) is 0 Å². The van der Waals surface area contributed by atoms with Crippen LogP contribution in [0.3, 0.4) is 0 Å². The van der Waals surface area contributed by atoms with Gasteiger partial charge in [0.2, 0.25) is 0 Å². The van der Waals surface area contributed by atoms with Gasteiger partial charge in [0, 0.05) is 5.56 Å². The van der Waals surface area contributed by atoms with E-state index >= 15 is 0 Å². The van der Waals surface area contributed by atoms with Crippen LogP contribution < -0.4 is 4.74 Å². The van der Waals surface area contributed by atoms with Gasteiger partial charge in [-0.3, -0.25) is 4.79 Å². The first-order chi connectivity index (χ1) is 7.70. The highest BCUT2D eigenvalue weighted by molar-refractivity contribution is 9.25. The van der Waals surface area contributed by atoms with E-state index in [4.69, 9.17) is 11.6 Å². The average Bonchev–Trinajstić information content (AvgIpc) is 2.18. The molecule has 0 aliphatic rings. The lowest BCUT2D eigenvalue weighted by Crippen LogP contribution is -2.17. The van der Waals surface area contributed by atoms with Crippen LogP contribution in [-0.4, -0.2) is 15.9 Å². The van der Waals surface area contributed by atoms with Crippen molar-refractivity contribution in [3.63, 3.8) is 0 Å². The molecular formula is C9H4Br2ClF3O2. The van der Waals surface area contributed by atoms with Gasteiger partial charge in [-0.05, 0) is 18.2 Å². The van der Waals surface area contributed by atoms with Gasteiger partial charge in [-0.1, -0.05) is 43.5 Å². The number of rotatable bonds is 3. The molecule has 0 saturated carbocycles. The number of alkyl halides is 5. The third kappa shape index (κ3) is 4.48. The van der Waals surface area contributed by atoms with Gasteiger partial charge in [0.15, 0.2) is 5.78 Å². The van der Waals surface area contributed by atoms with Gasteiger partial charge < -0.3 is 4.74 Å². The van der Waals surface area contributed by atoms with Gasteiger partial charge in [-0.25, -0.2) is 0 Å². The second-order valence-corrected chi connectivity index (χ2v) is 6.33. The minimum absolute atomic E-state index is 0.170. The number of benzene rings is 1. The third-order valence-corrected chi connectivity index (χ3v) is 2.77. The zero-order chi connectivity index (χ0) is 13.2. The minimum Gasteiger partial charge on any atom is -0.404 e. The third-order valence-electron chi connectivity index (χ3n) is 1.64. The zero-order valence-corrected chi connectivity index (χ0v) is 11.8. The quantitative estimate of drug-likeness (QED) is 0.554. The van der Waals surface area contributed by atoms with Gasteiger partial charge in [0.1, 0.15) is 9.49 Å². The van der Waals surface area contributed by atoms with Crippen molar-refractivity contribution in [2.24, 2.45) is 0 Å². The molecule has 0 amide bonds. The molecule has 2 nitrogen and oxygen atoms in total. The van der Waals surface area contributed by atoms with E-state index in [9.17, 15) is 18.0 Å². The highest BCUT2D eigenvalue weighted by Gasteiger charge is 2.32. The molecule has 1 aromatic rings. The maximum atomic E-state index is 11.9. The van der Waals surface area contributed by atoms with Gasteiger partial charge in [-0.2, -0.15) is 0 Å². The molecule has 0 unspecified atom stereocenters. The monoisotopic (exact) mass is 394 g/mol. The number of hydrogen-bond donors (Lipinski definition) is 0. The normalized spacial score (nSPS) is 11.7. The Bertz CT molecular complexity index is 435. The summed E-state index contributed by atoms with van der Waals surface area (Å²) in [5, 5.41) is -0.283. The molecule has 0 N–H and O–H groups in total. The molecule has 17 heavy (non-hydrogen) atoms. The van der Waals surface area contributed by atoms with Crippen molar-refractivity contribution in [2.75, 3.05) is 0 Å². The number of carbonyl (C=O) groups excluding carboxylic acids is 1. The van der Waals surface area contributed by atoms with Crippen LogP contribution in [0.15, 0.2) is 18.2 Å². The maximum Gasteiger partial charge on any atom is 0.573 e. The standard InChI is InChI=1S/C9H4Br2ClF3O2/c10-8(11)7(16)4-1-2-6(5(12)3-4)17-9(13,14)15/h1-3,8H. The summed E-state index contributed by atoms with van der Waals surface area (Å²) in [7, 11) is 0. The fourth-order valence-electron chi connectivity index (χ4n) is 0.988. The van der Waals surface area contributed by atoms with Crippen LogP contribution in [0.2, 0.25) is 5.02 Å². The molecule has 0 atom stereocenters. The van der Waals surface area contributed by atoms with Crippen LogP contribution in [0.1, 0.15) is 10.4 Å². The molecule has 0 aromatic heterocycles. The summed E-state index contributed by atoms with van der Waals surface area (Å²) in [6, 6.07) is 3.30. The van der Waals surface area contributed by atoms with Gasteiger partial charge >= 0.3 is 6.36 Å². The van der Waals surface area contributed by atoms with Crippen molar-refractivity contribution in [3.05, 3.63) is 28.8 Å². The van der Waals surface area contributed by atoms with E-state index in [1.807, 2.05) is 0 Å². The Kier molecular flexibility index (Phi) is 4.86. The molecule has 0 saturated heterocycles. The minimum atomic E-state index is -4.82. The maximum absolute atomic E-state index is 11.9. The molecule has 0 heterocycles. The Labute approximate surface area is 116 Å². The number of ether oxygens (including phenoxy) is 1. The number of hydrogen-bond acceptors (Lipinski definition) is 2. The molecule has 0 aliphatic heterocycles. The highest BCUT2D eigenvalue weighted by Crippen LogP contribution is 2.31. The van der Waals surface area contributed by atoms with E-state index in [1.165, 1.54) is 6.07 Å². The van der Waals surface area contributed by atoms with Crippen LogP contribution in [-0.2, 0) is 0 Å². The fraction of sp³-hybridized carbons (Fsp3) is 0.222. The summed E-state index contributed by atoms with van der Waals surface area (Å²) in [4.78, 5) is 11.5. The van der Waals surface area contributed by atoms with Crippen molar-refractivity contribution < 1.29 is 22.7 Å². The number of halogens is 6. The Morgan fingerprint density at radius 3 is 2.35 bits per heavy atom. The summed E-state index contributed by atoms with van der Waals surface area (Å²) in [5.41, 5.74) is 0.170. The predicted molar refractivity (Wildman–Crippen MR) is 64.1 cm³/mol. The predicted octanol–water partition coefficient (Wildman–Crippen LogP) is 4.54. The Morgan fingerprint density at radius 2 is 1.94 bits per heavy atom. The van der Waals surface area contributed by atoms with Crippen LogP contribution in [0.4, 0.5) is 13.2 Å². The van der Waals surface area contributed by atoms with E-state index in [0.29, 0.717) is 0 Å². The largest absolute Gasteiger partial charge is 0.573 e. The SMILES string of the molecule is O=C(c1ccc(OC(F)(F)F)c(Cl)c1)C(Br)Br. The van der Waals surface area contributed by atoms with E-state index in [-0.39, 0.29) is 16.4 Å². The van der Waals surface area contributed by atoms with Gasteiger partial charge in [0.05, 0.1) is 5.02 Å². The first kappa shape index (κ1) is 14.8. The topological polar surface area (TPSA) is 26.3 Å². The summed E-state index contributed by atoms with van der Waals surface area (Å²) in [6.45, 7) is 0. The van der Waals surface area contributed by atoms with Crippen molar-refractivity contribution in [1.82, 2.24) is 0 Å². The van der Waals surface area contributed by atoms with E-state index < -0.39 is 15.8 Å². The summed E-state index contributed by atoms with van der Waals surface area (Å²) in [6.07, 6.45) is -4.82. The van der Waals surface area contributed by atoms with Crippen molar-refractivity contribution in [1.29, 1.82) is 0 Å². The van der Waals surface area contributed by atoms with Crippen molar-refractivity contribution in [3.8, 4) is 5.75 Å². The smallest absolute Gasteiger partial charge is 0.404 e. The molecular weight excluding hydrogens is 392 g/mol. The first-order valence-corrected chi connectivity index (χ1v) is 6.29. The Morgan fingerprint density at radius 1 is 1.35 bits per heavy atom. The molecule has 0 fully saturated rings. The number of carbonyl (C=O) groups is 1. The molecule has 0 spiro atoms. The van der Waals surface area contributed by atoms with Crippen molar-refractivity contribution >= 4 is 49.2 Å². The lowest BCUT2D eigenvalue weighted by molar-refractivity contribution is -0.274. The van der Waals surface area contributed by atoms with E-state index in [0.717, 1.165) is 12.1 Å². The summed E-state index contributed by atoms with van der Waals surface area (Å²) >= 11 is 11.5. The van der Waals surface area contributed by atoms with Crippen LogP contribution >= 0.6 is 43.5 Å². The van der Waals surface area contributed by atoms with E-state index in [1.54, 1.807) is 0 Å².